The van der Waals surface area contributed by atoms with E-state index in [1.165, 1.54) is 7.11 Å². The molecule has 22 heavy (non-hydrogen) atoms. The van der Waals surface area contributed by atoms with Crippen molar-refractivity contribution in [2.75, 3.05) is 12.4 Å². The Morgan fingerprint density at radius 1 is 1.18 bits per heavy atom. The second-order valence-corrected chi connectivity index (χ2v) is 10.1. The van der Waals surface area contributed by atoms with E-state index in [1.807, 2.05) is 41.0 Å². The number of benzene rings is 2. The van der Waals surface area contributed by atoms with Crippen molar-refractivity contribution in [3.63, 3.8) is 0 Å². The summed E-state index contributed by atoms with van der Waals surface area (Å²) in [4.78, 5) is 11.8. The third kappa shape index (κ3) is 4.64. The van der Waals surface area contributed by atoms with Gasteiger partial charge in [0.15, 0.2) is 0 Å². The Balaban J connectivity index is 2.21. The summed E-state index contributed by atoms with van der Waals surface area (Å²) in [5.41, 5.74) is 3.33. The summed E-state index contributed by atoms with van der Waals surface area (Å²) in [7, 11) is 13.3. The first-order valence-corrected chi connectivity index (χ1v) is 11.9. The average Bonchev–Trinajstić information content (AvgIpc) is 2.53. The summed E-state index contributed by atoms with van der Waals surface area (Å²) in [6, 6.07) is 15.1. The summed E-state index contributed by atoms with van der Waals surface area (Å²) in [6.45, 7) is 0.566. The molecule has 2 rings (SSSR count). The average molecular weight is 425 g/mol. The molecule has 118 valence electrons. The Labute approximate surface area is 142 Å². The summed E-state index contributed by atoms with van der Waals surface area (Å²) in [5.74, 6) is -0.364. The maximum absolute atomic E-state index is 11.8. The van der Waals surface area contributed by atoms with Gasteiger partial charge in [-0.05, 0) is 0 Å². The van der Waals surface area contributed by atoms with Crippen LogP contribution in [0, 0.1) is 0 Å². The number of halogens is 2. The Hall–Kier alpha value is -1.22. The van der Waals surface area contributed by atoms with Gasteiger partial charge in [-0.2, -0.15) is 0 Å². The number of carbonyl (C=O) groups excluding carboxylic acids is 1. The van der Waals surface area contributed by atoms with Crippen LogP contribution < -0.4 is 5.32 Å². The fraction of sp³-hybridized carbons (Fsp3) is 0.125. The van der Waals surface area contributed by atoms with Crippen LogP contribution in [0.25, 0.3) is 0 Å². The summed E-state index contributed by atoms with van der Waals surface area (Å²) < 4.78 is 6.70. The van der Waals surface area contributed by atoms with Gasteiger partial charge in [0, 0.05) is 0 Å². The standard InChI is InChI=1S/C16H15NO2.2ClH.Ru/c1-12-7-3-4-8-13(12)11-17-15-10-6-5-9-14(15)16(18)19-2;;;/h1,3-10,17H,11H2,2H3;2*1H;/q;;;+2/p-2. The molecule has 0 unspecified atom stereocenters. The zero-order valence-electron chi connectivity index (χ0n) is 11.8. The number of hydrogen-bond acceptors (Lipinski definition) is 3. The molecule has 0 aliphatic carbocycles. The van der Waals surface area contributed by atoms with E-state index < -0.39 is 13.5 Å². The number of anilines is 1. The Bertz CT molecular complexity index is 700. The van der Waals surface area contributed by atoms with E-state index in [4.69, 9.17) is 24.1 Å². The van der Waals surface area contributed by atoms with Crippen molar-refractivity contribution in [3.05, 3.63) is 65.2 Å². The van der Waals surface area contributed by atoms with Gasteiger partial charge in [-0.1, -0.05) is 0 Å². The van der Waals surface area contributed by atoms with E-state index in [2.05, 4.69) is 5.32 Å². The molecule has 1 N–H and O–H groups in total. The molecule has 0 aromatic heterocycles. The fourth-order valence-electron chi connectivity index (χ4n) is 1.99. The zero-order valence-corrected chi connectivity index (χ0v) is 15.1. The van der Waals surface area contributed by atoms with Gasteiger partial charge in [0.25, 0.3) is 0 Å². The molecule has 0 fully saturated rings. The first kappa shape index (κ1) is 17.1. The van der Waals surface area contributed by atoms with Crippen molar-refractivity contribution in [3.8, 4) is 0 Å². The molecule has 0 bridgehead atoms. The van der Waals surface area contributed by atoms with E-state index in [9.17, 15) is 4.79 Å². The zero-order chi connectivity index (χ0) is 15.9. The molecular formula is C16H15Cl2NO2Ru. The van der Waals surface area contributed by atoms with Crippen molar-refractivity contribution in [2.24, 2.45) is 0 Å². The van der Waals surface area contributed by atoms with E-state index in [0.29, 0.717) is 12.1 Å². The van der Waals surface area contributed by atoms with Gasteiger partial charge < -0.3 is 0 Å². The molecule has 0 saturated carbocycles. The molecule has 2 aromatic carbocycles. The number of methoxy groups -OCH3 is 1. The Kier molecular flexibility index (Phi) is 6.56. The van der Waals surface area contributed by atoms with Gasteiger partial charge in [-0.25, -0.2) is 0 Å². The molecule has 3 nitrogen and oxygen atoms in total. The predicted octanol–water partition coefficient (Wildman–Crippen LogP) is 4.16. The molecular weight excluding hydrogens is 410 g/mol. The van der Waals surface area contributed by atoms with E-state index in [-0.39, 0.29) is 5.97 Å². The maximum atomic E-state index is 11.8. The van der Waals surface area contributed by atoms with Crippen molar-refractivity contribution in [1.29, 1.82) is 0 Å². The first-order chi connectivity index (χ1) is 10.6. The molecule has 0 aliphatic rings. The third-order valence-corrected chi connectivity index (χ3v) is 4.88. The van der Waals surface area contributed by atoms with Crippen molar-refractivity contribution in [2.45, 2.75) is 6.54 Å². The van der Waals surface area contributed by atoms with Gasteiger partial charge in [0.1, 0.15) is 0 Å². The van der Waals surface area contributed by atoms with Gasteiger partial charge >= 0.3 is 143 Å². The van der Waals surface area contributed by atoms with Gasteiger partial charge in [0.05, 0.1) is 0 Å². The number of ether oxygens (including phenoxy) is 1. The third-order valence-electron chi connectivity index (χ3n) is 3.04. The second-order valence-electron chi connectivity index (χ2n) is 4.40. The molecule has 6 heteroatoms. The molecule has 0 aliphatic heterocycles. The Morgan fingerprint density at radius 2 is 1.86 bits per heavy atom. The minimum atomic E-state index is -1.88. The minimum absolute atomic E-state index is 0.364. The van der Waals surface area contributed by atoms with Crippen LogP contribution in [0.15, 0.2) is 48.5 Å². The monoisotopic (exact) mass is 425 g/mol. The molecule has 0 heterocycles. The number of para-hydroxylation sites is 1. The van der Waals surface area contributed by atoms with Crippen LogP contribution in [0.1, 0.15) is 21.5 Å². The van der Waals surface area contributed by atoms with E-state index in [0.717, 1.165) is 16.8 Å². The van der Waals surface area contributed by atoms with Crippen LogP contribution in [0.3, 0.4) is 0 Å². The van der Waals surface area contributed by atoms with Crippen LogP contribution in [0.4, 0.5) is 5.69 Å². The number of rotatable bonds is 5. The quantitative estimate of drug-likeness (QED) is 0.578. The summed E-state index contributed by atoms with van der Waals surface area (Å²) in [5, 5.41) is 3.27. The van der Waals surface area contributed by atoms with Gasteiger partial charge in [-0.15, -0.1) is 0 Å². The SMILES string of the molecule is COC(=O)c1ccccc1NCc1ccccc1[CH]=[Ru]([Cl])[Cl]. The molecule has 2 aromatic rings. The summed E-state index contributed by atoms with van der Waals surface area (Å²) >= 11 is -1.88. The number of carbonyl (C=O) groups is 1. The molecule has 0 atom stereocenters. The number of hydrogen-bond donors (Lipinski definition) is 1. The normalized spacial score (nSPS) is 10.8. The Morgan fingerprint density at radius 3 is 2.59 bits per heavy atom. The fourth-order valence-corrected chi connectivity index (χ4v) is 3.88. The van der Waals surface area contributed by atoms with Crippen LogP contribution >= 0.6 is 19.4 Å². The van der Waals surface area contributed by atoms with Crippen LogP contribution in [0.5, 0.6) is 0 Å². The van der Waals surface area contributed by atoms with Crippen molar-refractivity contribution in [1.82, 2.24) is 0 Å². The van der Waals surface area contributed by atoms with Crippen LogP contribution in [0.2, 0.25) is 0 Å². The topological polar surface area (TPSA) is 38.3 Å². The molecule has 0 saturated heterocycles. The molecule has 0 spiro atoms. The molecule has 0 radical (unpaired) electrons. The van der Waals surface area contributed by atoms with E-state index >= 15 is 0 Å². The first-order valence-electron chi connectivity index (χ1n) is 6.44. The van der Waals surface area contributed by atoms with Crippen molar-refractivity contribution >= 4 is 35.6 Å². The second kappa shape index (κ2) is 8.42. The number of esters is 1. The predicted molar refractivity (Wildman–Crippen MR) is 88.4 cm³/mol. The van der Waals surface area contributed by atoms with Crippen LogP contribution in [-0.4, -0.2) is 17.7 Å². The van der Waals surface area contributed by atoms with Crippen LogP contribution in [-0.2, 0) is 24.8 Å². The number of nitrogens with one attached hydrogen (secondary N) is 1. The van der Waals surface area contributed by atoms with Gasteiger partial charge in [-0.3, -0.25) is 0 Å². The van der Waals surface area contributed by atoms with Gasteiger partial charge in [0.2, 0.25) is 0 Å². The summed E-state index contributed by atoms with van der Waals surface area (Å²) in [6.07, 6.45) is 0. The van der Waals surface area contributed by atoms with E-state index in [1.54, 1.807) is 12.1 Å². The van der Waals surface area contributed by atoms with Crippen molar-refractivity contribution < 1.29 is 23.0 Å². The molecule has 0 amide bonds.